The number of carbonyl (C=O) groups is 3. The van der Waals surface area contributed by atoms with Crippen molar-refractivity contribution in [1.82, 2.24) is 0 Å². The molecule has 6 heteroatoms. The van der Waals surface area contributed by atoms with Gasteiger partial charge in [0.05, 0.1) is 0 Å². The van der Waals surface area contributed by atoms with Gasteiger partial charge in [-0.15, -0.1) is 0 Å². The Morgan fingerprint density at radius 2 is 0.470 bits per heavy atom. The molecule has 0 aromatic carbocycles. The molecule has 0 saturated carbocycles. The van der Waals surface area contributed by atoms with E-state index in [0.717, 1.165) is 103 Å². The Kier molecular flexibility index (Phi) is 68.6. The second kappa shape index (κ2) is 71.3. The molecule has 0 aliphatic rings. The lowest BCUT2D eigenvalue weighted by Crippen LogP contribution is -2.30. The number of carbonyl (C=O) groups excluding carboxylic acids is 3. The maximum atomic E-state index is 13.0. The second-order valence-corrected chi connectivity index (χ2v) is 24.5. The van der Waals surface area contributed by atoms with Crippen molar-refractivity contribution in [2.45, 2.75) is 386 Å². The van der Waals surface area contributed by atoms with Gasteiger partial charge in [-0.3, -0.25) is 14.4 Å². The van der Waals surface area contributed by atoms with Gasteiger partial charge in [-0.05, 0) is 89.9 Å². The maximum absolute atomic E-state index is 13.0. The van der Waals surface area contributed by atoms with Crippen molar-refractivity contribution in [2.24, 2.45) is 0 Å². The first kappa shape index (κ1) is 79.8. The van der Waals surface area contributed by atoms with E-state index in [1.54, 1.807) is 0 Å². The third-order valence-electron chi connectivity index (χ3n) is 16.2. The van der Waals surface area contributed by atoms with E-state index in [4.69, 9.17) is 14.2 Å². The van der Waals surface area contributed by atoms with Gasteiger partial charge >= 0.3 is 17.9 Å². The van der Waals surface area contributed by atoms with Crippen molar-refractivity contribution < 1.29 is 28.6 Å². The monoisotopic (exact) mass is 1160 g/mol. The number of unbranched alkanes of at least 4 members (excludes halogenated alkanes) is 44. The minimum absolute atomic E-state index is 0.0765. The summed E-state index contributed by atoms with van der Waals surface area (Å²) in [5, 5.41) is 0. The Labute approximate surface area is 516 Å². The second-order valence-electron chi connectivity index (χ2n) is 24.5. The summed E-state index contributed by atoms with van der Waals surface area (Å²) in [6, 6.07) is 0. The first-order valence-corrected chi connectivity index (χ1v) is 36.4. The fourth-order valence-corrected chi connectivity index (χ4v) is 10.8. The predicted molar refractivity (Wildman–Crippen MR) is 362 cm³/mol. The molecule has 0 N–H and O–H groups in total. The Bertz CT molecular complexity index is 1520. The van der Waals surface area contributed by atoms with Crippen molar-refractivity contribution >= 4 is 17.9 Å². The molecule has 0 fully saturated rings. The van der Waals surface area contributed by atoms with Gasteiger partial charge in [0, 0.05) is 19.3 Å². The average Bonchev–Trinajstić information content (AvgIpc) is 3.49. The Balaban J connectivity index is 4.27. The summed E-state index contributed by atoms with van der Waals surface area (Å²) in [4.78, 5) is 38.5. The minimum atomic E-state index is -0.783. The van der Waals surface area contributed by atoms with Gasteiger partial charge in [0.25, 0.3) is 0 Å². The van der Waals surface area contributed by atoms with Crippen molar-refractivity contribution in [1.29, 1.82) is 0 Å². The van der Waals surface area contributed by atoms with Crippen LogP contribution in [-0.4, -0.2) is 37.2 Å². The molecular formula is C77H138O6. The van der Waals surface area contributed by atoms with E-state index >= 15 is 0 Å². The van der Waals surface area contributed by atoms with Crippen LogP contribution in [0.15, 0.2) is 72.9 Å². The standard InChI is InChI=1S/C77H138O6/c1-4-7-10-13-16-19-22-25-28-31-33-34-35-36-37-38-39-40-41-42-44-46-49-52-55-58-61-64-67-70-76(79)82-73-74(72-81-75(78)69-66-63-60-57-54-51-48-45-30-27-24-21-18-15-12-9-6-3)83-77(80)71-68-65-62-59-56-53-50-47-43-32-29-26-23-20-17-14-11-8-5-2/h8,11,17,20,22,25-26,29,31,33,43,47,74H,4-7,9-10,12-16,18-19,21,23-24,27-28,30,32,34-42,44-46,48-73H2,1-3H3/b11-8-,20-17-,25-22-,29-26-,33-31-,47-43-. The third kappa shape index (κ3) is 69.5. The molecule has 1 unspecified atom stereocenters. The molecule has 0 radical (unpaired) electrons. The largest absolute Gasteiger partial charge is 0.462 e. The molecule has 83 heavy (non-hydrogen) atoms. The smallest absolute Gasteiger partial charge is 0.306 e. The lowest BCUT2D eigenvalue weighted by Gasteiger charge is -2.18. The number of hydrogen-bond donors (Lipinski definition) is 0. The van der Waals surface area contributed by atoms with Crippen LogP contribution in [0.1, 0.15) is 380 Å². The van der Waals surface area contributed by atoms with Crippen molar-refractivity contribution in [3.8, 4) is 0 Å². The highest BCUT2D eigenvalue weighted by Crippen LogP contribution is 2.18. The van der Waals surface area contributed by atoms with Crippen LogP contribution in [0.25, 0.3) is 0 Å². The van der Waals surface area contributed by atoms with Crippen LogP contribution in [-0.2, 0) is 28.6 Å². The quantitative estimate of drug-likeness (QED) is 0.0261. The van der Waals surface area contributed by atoms with Crippen molar-refractivity contribution in [3.63, 3.8) is 0 Å². The molecule has 6 nitrogen and oxygen atoms in total. The highest BCUT2D eigenvalue weighted by atomic mass is 16.6. The van der Waals surface area contributed by atoms with Crippen LogP contribution < -0.4 is 0 Å². The van der Waals surface area contributed by atoms with Crippen LogP contribution in [0.2, 0.25) is 0 Å². The molecule has 0 heterocycles. The molecule has 0 aliphatic heterocycles. The Morgan fingerprint density at radius 3 is 0.735 bits per heavy atom. The molecule has 0 saturated heterocycles. The molecule has 0 rings (SSSR count). The van der Waals surface area contributed by atoms with Gasteiger partial charge in [0.1, 0.15) is 13.2 Å². The molecule has 1 atom stereocenters. The summed E-state index contributed by atoms with van der Waals surface area (Å²) >= 11 is 0. The van der Waals surface area contributed by atoms with E-state index < -0.39 is 6.10 Å². The molecule has 0 aromatic rings. The zero-order valence-corrected chi connectivity index (χ0v) is 55.5. The molecule has 0 aromatic heterocycles. The summed E-state index contributed by atoms with van der Waals surface area (Å²) in [5.41, 5.74) is 0. The molecule has 482 valence electrons. The molecule has 0 bridgehead atoms. The Morgan fingerprint density at radius 1 is 0.253 bits per heavy atom. The van der Waals surface area contributed by atoms with Crippen LogP contribution in [0.5, 0.6) is 0 Å². The van der Waals surface area contributed by atoms with E-state index in [9.17, 15) is 14.4 Å². The van der Waals surface area contributed by atoms with E-state index in [2.05, 4.69) is 93.7 Å². The van der Waals surface area contributed by atoms with E-state index in [0.29, 0.717) is 19.3 Å². The molecular weight excluding hydrogens is 1020 g/mol. The number of hydrogen-bond acceptors (Lipinski definition) is 6. The lowest BCUT2D eigenvalue weighted by atomic mass is 10.0. The lowest BCUT2D eigenvalue weighted by molar-refractivity contribution is -0.167. The van der Waals surface area contributed by atoms with Gasteiger partial charge in [0.2, 0.25) is 0 Å². The maximum Gasteiger partial charge on any atom is 0.306 e. The molecule has 0 amide bonds. The van der Waals surface area contributed by atoms with Crippen LogP contribution in [0.3, 0.4) is 0 Å². The molecule has 0 aliphatic carbocycles. The highest BCUT2D eigenvalue weighted by molar-refractivity contribution is 5.71. The van der Waals surface area contributed by atoms with Gasteiger partial charge < -0.3 is 14.2 Å². The summed E-state index contributed by atoms with van der Waals surface area (Å²) in [6.45, 7) is 6.57. The van der Waals surface area contributed by atoms with E-state index in [1.165, 1.54) is 238 Å². The highest BCUT2D eigenvalue weighted by Gasteiger charge is 2.19. The third-order valence-corrected chi connectivity index (χ3v) is 16.2. The number of rotatable bonds is 67. The van der Waals surface area contributed by atoms with Crippen molar-refractivity contribution in [2.75, 3.05) is 13.2 Å². The fourth-order valence-electron chi connectivity index (χ4n) is 10.8. The van der Waals surface area contributed by atoms with Gasteiger partial charge in [0.15, 0.2) is 6.10 Å². The number of esters is 3. The fraction of sp³-hybridized carbons (Fsp3) is 0.805. The minimum Gasteiger partial charge on any atom is -0.462 e. The summed E-state index contributed by atoms with van der Waals surface area (Å²) in [7, 11) is 0. The zero-order valence-electron chi connectivity index (χ0n) is 55.5. The van der Waals surface area contributed by atoms with Crippen LogP contribution in [0, 0.1) is 0 Å². The SMILES string of the molecule is CC/C=C\C/C=C\C/C=C\C/C=C\CCCCCCCCC(=O)OC(COC(=O)CCCCCCCCCCCCCCCCCCC)COC(=O)CCCCCCCCCCCCCCCCCCC/C=C\C/C=C\CCCCCCC. The average molecular weight is 1160 g/mol. The summed E-state index contributed by atoms with van der Waals surface area (Å²) in [5.74, 6) is -0.866. The topological polar surface area (TPSA) is 78.9 Å². The van der Waals surface area contributed by atoms with Crippen molar-refractivity contribution in [3.05, 3.63) is 72.9 Å². The molecule has 0 spiro atoms. The van der Waals surface area contributed by atoms with Gasteiger partial charge in [-0.25, -0.2) is 0 Å². The van der Waals surface area contributed by atoms with Gasteiger partial charge in [-0.1, -0.05) is 344 Å². The summed E-state index contributed by atoms with van der Waals surface area (Å²) < 4.78 is 17.0. The zero-order chi connectivity index (χ0) is 59.9. The predicted octanol–water partition coefficient (Wildman–Crippen LogP) is 25.2. The van der Waals surface area contributed by atoms with Gasteiger partial charge in [-0.2, -0.15) is 0 Å². The van der Waals surface area contributed by atoms with E-state index in [1.807, 2.05) is 0 Å². The first-order valence-electron chi connectivity index (χ1n) is 36.4. The summed E-state index contributed by atoms with van der Waals surface area (Å²) in [6.07, 6.45) is 93.6. The van der Waals surface area contributed by atoms with Crippen LogP contribution in [0.4, 0.5) is 0 Å². The Hall–Kier alpha value is -3.15. The normalized spacial score (nSPS) is 12.5. The van der Waals surface area contributed by atoms with E-state index in [-0.39, 0.29) is 31.1 Å². The first-order chi connectivity index (χ1) is 41.0. The van der Waals surface area contributed by atoms with Crippen LogP contribution >= 0.6 is 0 Å². The number of ether oxygens (including phenoxy) is 3. The number of allylic oxidation sites excluding steroid dienone is 12.